The summed E-state index contributed by atoms with van der Waals surface area (Å²) >= 11 is 6.00. The maximum atomic E-state index is 5.93. The van der Waals surface area contributed by atoms with Crippen LogP contribution in [0.3, 0.4) is 0 Å². The number of nitrogens with zero attached hydrogens (tertiary/aromatic N) is 2. The molecule has 0 aliphatic rings. The molecule has 0 radical (unpaired) electrons. The fourth-order valence-corrected chi connectivity index (χ4v) is 10.7. The van der Waals surface area contributed by atoms with E-state index in [9.17, 15) is 0 Å². The fraction of sp³-hybridized carbons (Fsp3) is 0.114. The van der Waals surface area contributed by atoms with Crippen LogP contribution in [-0.2, 0) is 10.9 Å². The van der Waals surface area contributed by atoms with Crippen molar-refractivity contribution in [2.75, 3.05) is 0 Å². The van der Waals surface area contributed by atoms with E-state index in [1.54, 1.807) is 0 Å². The summed E-state index contributed by atoms with van der Waals surface area (Å²) < 4.78 is 0. The van der Waals surface area contributed by atoms with Crippen molar-refractivity contribution in [3.63, 3.8) is 0 Å². The zero-order valence-electron chi connectivity index (χ0n) is 42.7. The van der Waals surface area contributed by atoms with Gasteiger partial charge in [-0.3, -0.25) is 9.98 Å². The van der Waals surface area contributed by atoms with Crippen LogP contribution >= 0.6 is 28.5 Å². The van der Waals surface area contributed by atoms with Gasteiger partial charge in [0.15, 0.2) is 0 Å². The second-order valence-corrected chi connectivity index (χ2v) is 24.0. The Morgan fingerprint density at radius 2 is 0.440 bits per heavy atom. The zero-order chi connectivity index (χ0) is 51.9. The fourth-order valence-electron chi connectivity index (χ4n) is 10.7. The molecule has 0 bridgehead atoms. The van der Waals surface area contributed by atoms with Crippen molar-refractivity contribution in [3.8, 4) is 0 Å². The molecule has 5 heteroatoms. The van der Waals surface area contributed by atoms with Gasteiger partial charge in [0.1, 0.15) is 0 Å². The molecule has 0 aliphatic carbocycles. The Morgan fingerprint density at radius 3 is 0.587 bits per heavy atom. The topological polar surface area (TPSA) is 24.7 Å². The zero-order valence-corrected chi connectivity index (χ0v) is 46.8. The molecular formula is C70H60Br2N2Ni. The summed E-state index contributed by atoms with van der Waals surface area (Å²) in [5.41, 5.74) is 20.3. The van der Waals surface area contributed by atoms with E-state index in [2.05, 4.69) is 323 Å². The van der Waals surface area contributed by atoms with E-state index in [4.69, 9.17) is 9.98 Å². The van der Waals surface area contributed by atoms with E-state index < -0.39 is 0 Å². The summed E-state index contributed by atoms with van der Waals surface area (Å²) in [6, 6.07) is 96.8. The first-order chi connectivity index (χ1) is 36.8. The van der Waals surface area contributed by atoms with E-state index >= 15 is 0 Å². The third-order valence-electron chi connectivity index (χ3n) is 14.0. The SMILES string of the molecule is CC(=Nc1c(C(c2ccccc2)c2ccccc2)cc(C)cc1C(c1ccccc1)c1ccccc1)C(C)=Nc1c(C(c2ccccc2)c2ccccc2)cc(C)cc1C(c1ccccc1)c1ccccc1.[Br][Ni][Br]. The number of aryl methyl sites for hydroxylation is 2. The minimum atomic E-state index is -0.0904. The van der Waals surface area contributed by atoms with Crippen molar-refractivity contribution in [3.05, 3.63) is 345 Å². The number of hydrogen-bond acceptors (Lipinski definition) is 2. The number of benzene rings is 10. The van der Waals surface area contributed by atoms with Crippen LogP contribution in [0.25, 0.3) is 0 Å². The Morgan fingerprint density at radius 1 is 0.293 bits per heavy atom. The van der Waals surface area contributed by atoms with Gasteiger partial charge in [0, 0.05) is 23.7 Å². The summed E-state index contributed by atoms with van der Waals surface area (Å²) in [4.78, 5) is 11.9. The molecule has 10 aromatic carbocycles. The monoisotopic (exact) mass is 1140 g/mol. The van der Waals surface area contributed by atoms with Gasteiger partial charge in [0.05, 0.1) is 22.8 Å². The van der Waals surface area contributed by atoms with E-state index in [-0.39, 0.29) is 23.7 Å². The molecule has 0 amide bonds. The van der Waals surface area contributed by atoms with Crippen molar-refractivity contribution in [1.82, 2.24) is 0 Å². The van der Waals surface area contributed by atoms with E-state index in [1.165, 1.54) is 66.5 Å². The third kappa shape index (κ3) is 12.7. The molecule has 10 rings (SSSR count). The van der Waals surface area contributed by atoms with Crippen LogP contribution in [0.2, 0.25) is 0 Å². The molecule has 10 aromatic rings. The summed E-state index contributed by atoms with van der Waals surface area (Å²) in [7, 11) is 1.25. The van der Waals surface area contributed by atoms with Crippen LogP contribution in [0.5, 0.6) is 0 Å². The van der Waals surface area contributed by atoms with Gasteiger partial charge in [-0.25, -0.2) is 0 Å². The molecule has 0 unspecified atom stereocenters. The first-order valence-electron chi connectivity index (χ1n) is 25.4. The van der Waals surface area contributed by atoms with Gasteiger partial charge in [-0.15, -0.1) is 0 Å². The van der Waals surface area contributed by atoms with Crippen LogP contribution in [0.1, 0.15) is 115 Å². The molecule has 0 fully saturated rings. The van der Waals surface area contributed by atoms with Gasteiger partial charge in [-0.05, 0) is 94.5 Å². The Labute approximate surface area is 464 Å². The molecule has 0 saturated carbocycles. The van der Waals surface area contributed by atoms with Crippen LogP contribution in [0.4, 0.5) is 11.4 Å². The molecule has 0 aromatic heterocycles. The standard InChI is InChI=1S/C70H60N2.2BrH.Ni/c1-49-45-61(65(53-29-13-5-14-30-53)54-31-15-6-16-32-54)69(62(46-49)66(55-33-17-7-18-34-55)56-35-19-8-20-36-56)71-51(3)52(4)72-70-63(67(57-37-21-9-22-38-57)58-39-23-10-24-40-58)47-50(2)48-64(70)68(59-41-25-11-26-42-59)60-43-27-12-28-44-60;;;/h5-48,65-68H,1-4H3;2*1H;/q;;;+2/p-2. The summed E-state index contributed by atoms with van der Waals surface area (Å²) in [6.07, 6.45) is 0. The first-order valence-corrected chi connectivity index (χ1v) is 30.3. The Balaban J connectivity index is 0.00000224. The van der Waals surface area contributed by atoms with Crippen LogP contribution in [-0.4, -0.2) is 11.4 Å². The van der Waals surface area contributed by atoms with Gasteiger partial charge in [-0.2, -0.15) is 0 Å². The normalized spacial score (nSPS) is 11.8. The van der Waals surface area contributed by atoms with Crippen LogP contribution < -0.4 is 0 Å². The van der Waals surface area contributed by atoms with E-state index in [0.717, 1.165) is 45.1 Å². The molecule has 0 aliphatic heterocycles. The third-order valence-corrected chi connectivity index (χ3v) is 14.0. The quantitative estimate of drug-likeness (QED) is 0.0555. The van der Waals surface area contributed by atoms with E-state index in [1.807, 2.05) is 0 Å². The molecule has 0 atom stereocenters. The molecule has 0 saturated heterocycles. The predicted molar refractivity (Wildman–Crippen MR) is 321 cm³/mol. The molecule has 0 N–H and O–H groups in total. The molecule has 2 nitrogen and oxygen atoms in total. The van der Waals surface area contributed by atoms with Gasteiger partial charge in [-0.1, -0.05) is 278 Å². The van der Waals surface area contributed by atoms with Gasteiger partial charge >= 0.3 is 39.3 Å². The van der Waals surface area contributed by atoms with Crippen molar-refractivity contribution in [2.45, 2.75) is 51.4 Å². The first kappa shape index (κ1) is 52.8. The maximum absolute atomic E-state index is 5.93. The Hall–Kier alpha value is -7.01. The van der Waals surface area contributed by atoms with Gasteiger partial charge < -0.3 is 0 Å². The second kappa shape index (κ2) is 26.0. The number of aliphatic imine (C=N–C) groups is 2. The number of hydrogen-bond donors (Lipinski definition) is 0. The molecule has 0 heterocycles. The number of halogens is 2. The van der Waals surface area contributed by atoms with Crippen molar-refractivity contribution < 1.29 is 10.9 Å². The molecule has 0 spiro atoms. The van der Waals surface area contributed by atoms with Gasteiger partial charge in [0.25, 0.3) is 0 Å². The van der Waals surface area contributed by atoms with Gasteiger partial charge in [0.2, 0.25) is 0 Å². The number of rotatable bonds is 15. The average molecular weight is 1150 g/mol. The van der Waals surface area contributed by atoms with Crippen molar-refractivity contribution in [2.24, 2.45) is 9.98 Å². The predicted octanol–water partition coefficient (Wildman–Crippen LogP) is 19.6. The Kier molecular flexibility index (Phi) is 18.3. The molecule has 75 heavy (non-hydrogen) atoms. The Bertz CT molecular complexity index is 2850. The summed E-state index contributed by atoms with van der Waals surface area (Å²) in [6.45, 7) is 8.76. The molecule has 374 valence electrons. The van der Waals surface area contributed by atoms with Crippen molar-refractivity contribution in [1.29, 1.82) is 0 Å². The van der Waals surface area contributed by atoms with Crippen LogP contribution in [0, 0.1) is 13.8 Å². The molecular weight excluding hydrogens is 1090 g/mol. The second-order valence-electron chi connectivity index (χ2n) is 19.0. The van der Waals surface area contributed by atoms with Crippen LogP contribution in [0.15, 0.2) is 277 Å². The average Bonchev–Trinajstić information content (AvgIpc) is 3.46. The van der Waals surface area contributed by atoms with E-state index in [0.29, 0.717) is 0 Å². The van der Waals surface area contributed by atoms with Crippen molar-refractivity contribution >= 4 is 51.2 Å². The summed E-state index contributed by atoms with van der Waals surface area (Å²) in [5.74, 6) is -0.362. The minimum absolute atomic E-state index is 0.0904. The summed E-state index contributed by atoms with van der Waals surface area (Å²) in [5, 5.41) is 0.